The van der Waals surface area contributed by atoms with Crippen molar-refractivity contribution < 1.29 is 45.9 Å². The van der Waals surface area contributed by atoms with Gasteiger partial charge < -0.3 is 14.4 Å². The molecule has 0 saturated carbocycles. The van der Waals surface area contributed by atoms with Gasteiger partial charge in [0.2, 0.25) is 0 Å². The summed E-state index contributed by atoms with van der Waals surface area (Å²) in [4.78, 5) is 26.3. The van der Waals surface area contributed by atoms with Crippen LogP contribution in [0.3, 0.4) is 0 Å². The summed E-state index contributed by atoms with van der Waals surface area (Å²) in [5, 5.41) is 9.15. The van der Waals surface area contributed by atoms with E-state index in [1.807, 2.05) is 0 Å². The van der Waals surface area contributed by atoms with E-state index in [0.29, 0.717) is 12.2 Å². The second-order valence-corrected chi connectivity index (χ2v) is 11.1. The number of hydrogen-bond donors (Lipinski definition) is 2. The van der Waals surface area contributed by atoms with Crippen LogP contribution >= 0.6 is 0 Å². The standard InChI is InChI=1S/C24H25F3N2O7S/c25-24(26,27)17-3-1-2-16(14-17)21(30)29-11-8-19(15-29)36-18-4-6-20(7-5-18)37(33,34)23(22(31)28-32)9-12-35-13-10-23/h1-7,14,19,32H,8-13,15H2,(H,28,31)/t19-/m1/s1. The summed E-state index contributed by atoms with van der Waals surface area (Å²) in [7, 11) is -4.18. The zero-order valence-corrected chi connectivity index (χ0v) is 20.3. The van der Waals surface area contributed by atoms with E-state index < -0.39 is 44.2 Å². The molecule has 0 unspecified atom stereocenters. The maximum atomic E-state index is 13.3. The van der Waals surface area contributed by atoms with Crippen LogP contribution in [0.5, 0.6) is 5.75 Å². The highest BCUT2D eigenvalue weighted by atomic mass is 32.2. The molecule has 0 radical (unpaired) electrons. The topological polar surface area (TPSA) is 122 Å². The number of likely N-dealkylation sites (tertiary alicyclic amines) is 1. The number of carbonyl (C=O) groups excluding carboxylic acids is 2. The molecule has 2 saturated heterocycles. The predicted octanol–water partition coefficient (Wildman–Crippen LogP) is 2.83. The molecule has 2 amide bonds. The number of hydroxylamine groups is 1. The first kappa shape index (κ1) is 26.9. The summed E-state index contributed by atoms with van der Waals surface area (Å²) < 4.78 is 74.8. The van der Waals surface area contributed by atoms with E-state index >= 15 is 0 Å². The Morgan fingerprint density at radius 3 is 2.41 bits per heavy atom. The Bertz CT molecular complexity index is 1260. The van der Waals surface area contributed by atoms with Crippen molar-refractivity contribution in [2.24, 2.45) is 0 Å². The number of benzene rings is 2. The quantitative estimate of drug-likeness (QED) is 0.425. The first-order valence-electron chi connectivity index (χ1n) is 11.5. The van der Waals surface area contributed by atoms with Crippen LogP contribution in [0.1, 0.15) is 35.2 Å². The second-order valence-electron chi connectivity index (χ2n) is 8.88. The fraction of sp³-hybridized carbons (Fsp3) is 0.417. The number of nitrogens with one attached hydrogen (secondary N) is 1. The normalized spacial score (nSPS) is 19.9. The smallest absolute Gasteiger partial charge is 0.416 e. The molecule has 1 atom stereocenters. The number of amides is 2. The first-order valence-corrected chi connectivity index (χ1v) is 13.0. The van der Waals surface area contributed by atoms with E-state index in [-0.39, 0.29) is 49.6 Å². The molecule has 4 rings (SSSR count). The molecule has 2 heterocycles. The van der Waals surface area contributed by atoms with E-state index in [0.717, 1.165) is 12.1 Å². The van der Waals surface area contributed by atoms with Crippen LogP contribution in [0, 0.1) is 0 Å². The molecule has 0 bridgehead atoms. The molecule has 0 aromatic heterocycles. The third-order valence-corrected chi connectivity index (χ3v) is 9.15. The third-order valence-electron chi connectivity index (χ3n) is 6.64. The number of sulfone groups is 1. The fourth-order valence-electron chi connectivity index (χ4n) is 4.56. The average Bonchev–Trinajstić information content (AvgIpc) is 3.36. The molecular weight excluding hydrogens is 517 g/mol. The maximum Gasteiger partial charge on any atom is 0.416 e. The Labute approximate surface area is 211 Å². The van der Waals surface area contributed by atoms with Crippen molar-refractivity contribution in [2.45, 2.75) is 41.2 Å². The number of halogens is 3. The van der Waals surface area contributed by atoms with Crippen molar-refractivity contribution in [1.82, 2.24) is 10.4 Å². The number of carbonyl (C=O) groups is 2. The van der Waals surface area contributed by atoms with Crippen molar-refractivity contribution in [2.75, 3.05) is 26.3 Å². The lowest BCUT2D eigenvalue weighted by Gasteiger charge is -2.34. The fourth-order valence-corrected chi connectivity index (χ4v) is 6.50. The van der Waals surface area contributed by atoms with Crippen LogP contribution in [0.4, 0.5) is 13.2 Å². The number of rotatable bonds is 6. The van der Waals surface area contributed by atoms with Crippen LogP contribution in [-0.2, 0) is 25.5 Å². The molecule has 37 heavy (non-hydrogen) atoms. The maximum absolute atomic E-state index is 13.3. The Hall–Kier alpha value is -3.16. The SMILES string of the molecule is O=C(c1cccc(C(F)(F)F)c1)N1CC[C@@H](Oc2ccc(S(=O)(=O)C3(C(=O)NO)CCOCC3)cc2)C1. The highest BCUT2D eigenvalue weighted by molar-refractivity contribution is 7.93. The van der Waals surface area contributed by atoms with Gasteiger partial charge in [-0.3, -0.25) is 14.8 Å². The second kappa shape index (κ2) is 10.3. The molecule has 2 aromatic rings. The monoisotopic (exact) mass is 542 g/mol. The molecule has 13 heteroatoms. The minimum atomic E-state index is -4.56. The van der Waals surface area contributed by atoms with Gasteiger partial charge in [0.1, 0.15) is 11.9 Å². The molecule has 2 N–H and O–H groups in total. The third kappa shape index (κ3) is 5.29. The number of hydrogen-bond acceptors (Lipinski definition) is 7. The van der Waals surface area contributed by atoms with Gasteiger partial charge in [0, 0.05) is 31.7 Å². The number of ether oxygens (including phenoxy) is 2. The van der Waals surface area contributed by atoms with Crippen molar-refractivity contribution in [1.29, 1.82) is 0 Å². The molecular formula is C24H25F3N2O7S. The molecule has 200 valence electrons. The van der Waals surface area contributed by atoms with E-state index in [4.69, 9.17) is 14.7 Å². The van der Waals surface area contributed by atoms with Crippen molar-refractivity contribution in [3.05, 3.63) is 59.7 Å². The predicted molar refractivity (Wildman–Crippen MR) is 123 cm³/mol. The van der Waals surface area contributed by atoms with Crippen LogP contribution in [-0.4, -0.2) is 67.5 Å². The lowest BCUT2D eigenvalue weighted by atomic mass is 9.98. The van der Waals surface area contributed by atoms with Gasteiger partial charge in [-0.2, -0.15) is 13.2 Å². The Balaban J connectivity index is 1.43. The lowest BCUT2D eigenvalue weighted by molar-refractivity contribution is -0.137. The molecule has 2 aromatic carbocycles. The van der Waals surface area contributed by atoms with Gasteiger partial charge in [-0.15, -0.1) is 0 Å². The Morgan fingerprint density at radius 1 is 1.11 bits per heavy atom. The van der Waals surface area contributed by atoms with Gasteiger partial charge in [-0.25, -0.2) is 13.9 Å². The Morgan fingerprint density at radius 2 is 1.78 bits per heavy atom. The summed E-state index contributed by atoms with van der Waals surface area (Å²) in [6.45, 7) is 0.526. The highest BCUT2D eigenvalue weighted by Crippen LogP contribution is 2.36. The summed E-state index contributed by atoms with van der Waals surface area (Å²) in [5.41, 5.74) is 0.486. The van der Waals surface area contributed by atoms with E-state index in [2.05, 4.69) is 0 Å². The van der Waals surface area contributed by atoms with Crippen LogP contribution in [0.25, 0.3) is 0 Å². The molecule has 0 spiro atoms. The van der Waals surface area contributed by atoms with Gasteiger partial charge in [0.15, 0.2) is 14.6 Å². The average molecular weight is 543 g/mol. The van der Waals surface area contributed by atoms with Crippen LogP contribution in [0.15, 0.2) is 53.4 Å². The lowest BCUT2D eigenvalue weighted by Crippen LogP contribution is -2.54. The molecule has 9 nitrogen and oxygen atoms in total. The number of alkyl halides is 3. The first-order chi connectivity index (χ1) is 17.5. The molecule has 2 aliphatic rings. The largest absolute Gasteiger partial charge is 0.489 e. The summed E-state index contributed by atoms with van der Waals surface area (Å²) >= 11 is 0. The molecule has 2 fully saturated rings. The van der Waals surface area contributed by atoms with Gasteiger partial charge >= 0.3 is 6.18 Å². The van der Waals surface area contributed by atoms with Crippen molar-refractivity contribution >= 4 is 21.7 Å². The van der Waals surface area contributed by atoms with Crippen LogP contribution in [0.2, 0.25) is 0 Å². The van der Waals surface area contributed by atoms with Gasteiger partial charge in [0.25, 0.3) is 11.8 Å². The summed E-state index contributed by atoms with van der Waals surface area (Å²) in [5.74, 6) is -1.24. The summed E-state index contributed by atoms with van der Waals surface area (Å²) in [6.07, 6.45) is -4.79. The summed E-state index contributed by atoms with van der Waals surface area (Å²) in [6, 6.07) is 9.67. The van der Waals surface area contributed by atoms with Crippen LogP contribution < -0.4 is 10.2 Å². The minimum Gasteiger partial charge on any atom is -0.489 e. The molecule has 0 aliphatic carbocycles. The minimum absolute atomic E-state index is 0.0469. The zero-order valence-electron chi connectivity index (χ0n) is 19.5. The molecule has 2 aliphatic heterocycles. The van der Waals surface area contributed by atoms with E-state index in [9.17, 15) is 31.2 Å². The highest BCUT2D eigenvalue weighted by Gasteiger charge is 2.52. The zero-order chi connectivity index (χ0) is 26.8. The van der Waals surface area contributed by atoms with Crippen molar-refractivity contribution in [3.8, 4) is 5.75 Å². The van der Waals surface area contributed by atoms with Gasteiger partial charge in [-0.1, -0.05) is 6.07 Å². The van der Waals surface area contributed by atoms with E-state index in [1.165, 1.54) is 46.8 Å². The number of nitrogens with zero attached hydrogens (tertiary/aromatic N) is 1. The van der Waals surface area contributed by atoms with Crippen molar-refractivity contribution in [3.63, 3.8) is 0 Å². The van der Waals surface area contributed by atoms with Gasteiger partial charge in [0.05, 0.1) is 17.0 Å². The van der Waals surface area contributed by atoms with Gasteiger partial charge in [-0.05, 0) is 55.3 Å². The van der Waals surface area contributed by atoms with E-state index in [1.54, 1.807) is 0 Å². The Kier molecular flexibility index (Phi) is 7.49.